The van der Waals surface area contributed by atoms with E-state index in [-0.39, 0.29) is 0 Å². The van der Waals surface area contributed by atoms with Crippen molar-refractivity contribution >= 4 is 11.2 Å². The van der Waals surface area contributed by atoms with Gasteiger partial charge in [-0.1, -0.05) is 19.6 Å². The van der Waals surface area contributed by atoms with Gasteiger partial charge in [-0.3, -0.25) is 0 Å². The number of aromatic nitrogens is 2. The molecule has 0 amide bonds. The fraction of sp³-hybridized carbons (Fsp3) is 0.438. The molecule has 0 atom stereocenters. The van der Waals surface area contributed by atoms with Crippen LogP contribution in [0.25, 0.3) is 11.2 Å². The predicted octanol–water partition coefficient (Wildman–Crippen LogP) is 3.47. The maximum absolute atomic E-state index is 4.55. The Balaban J connectivity index is 1.70. The maximum Gasteiger partial charge on any atom is 0.109 e. The SMILES string of the molecule is C=C(NC1CCC(C)CC1)c1cc2ccccn2n1. The minimum Gasteiger partial charge on any atom is -0.381 e. The number of fused-ring (bicyclic) bond motifs is 1. The second-order valence-electron chi connectivity index (χ2n) is 5.68. The number of hydrogen-bond donors (Lipinski definition) is 1. The summed E-state index contributed by atoms with van der Waals surface area (Å²) in [6, 6.07) is 8.73. The first kappa shape index (κ1) is 12.3. The first-order valence-corrected chi connectivity index (χ1v) is 7.12. The minimum atomic E-state index is 0.563. The fourth-order valence-electron chi connectivity index (χ4n) is 2.81. The summed E-state index contributed by atoms with van der Waals surface area (Å²) >= 11 is 0. The Bertz CT molecular complexity index is 543. The zero-order valence-electron chi connectivity index (χ0n) is 11.5. The molecule has 0 unspecified atom stereocenters. The van der Waals surface area contributed by atoms with E-state index in [0.717, 1.165) is 22.8 Å². The molecule has 0 aromatic carbocycles. The molecule has 3 heteroatoms. The highest BCUT2D eigenvalue weighted by molar-refractivity contribution is 5.64. The molecule has 1 N–H and O–H groups in total. The van der Waals surface area contributed by atoms with Crippen molar-refractivity contribution in [1.29, 1.82) is 0 Å². The zero-order chi connectivity index (χ0) is 13.2. The second-order valence-corrected chi connectivity index (χ2v) is 5.68. The van der Waals surface area contributed by atoms with Crippen molar-refractivity contribution in [3.05, 3.63) is 42.7 Å². The van der Waals surface area contributed by atoms with E-state index in [1.54, 1.807) is 0 Å². The monoisotopic (exact) mass is 255 g/mol. The van der Waals surface area contributed by atoms with Gasteiger partial charge in [-0.05, 0) is 49.8 Å². The first-order chi connectivity index (χ1) is 9.22. The van der Waals surface area contributed by atoms with Crippen LogP contribution in [-0.4, -0.2) is 15.7 Å². The van der Waals surface area contributed by atoms with Gasteiger partial charge >= 0.3 is 0 Å². The summed E-state index contributed by atoms with van der Waals surface area (Å²) in [5, 5.41) is 8.09. The van der Waals surface area contributed by atoms with E-state index in [1.807, 2.05) is 22.8 Å². The van der Waals surface area contributed by atoms with Gasteiger partial charge in [0.1, 0.15) is 5.69 Å². The molecule has 3 nitrogen and oxygen atoms in total. The highest BCUT2D eigenvalue weighted by atomic mass is 15.2. The fourth-order valence-corrected chi connectivity index (χ4v) is 2.81. The Hall–Kier alpha value is -1.77. The van der Waals surface area contributed by atoms with Crippen molar-refractivity contribution in [3.63, 3.8) is 0 Å². The lowest BCUT2D eigenvalue weighted by Crippen LogP contribution is -2.31. The Labute approximate surface area is 114 Å². The van der Waals surface area contributed by atoms with Crippen molar-refractivity contribution in [3.8, 4) is 0 Å². The van der Waals surface area contributed by atoms with Gasteiger partial charge in [0.05, 0.1) is 11.2 Å². The van der Waals surface area contributed by atoms with Gasteiger partial charge in [-0.2, -0.15) is 5.10 Å². The summed E-state index contributed by atoms with van der Waals surface area (Å²) in [6.45, 7) is 6.49. The van der Waals surface area contributed by atoms with Crippen molar-refractivity contribution < 1.29 is 0 Å². The molecule has 19 heavy (non-hydrogen) atoms. The predicted molar refractivity (Wildman–Crippen MR) is 78.8 cm³/mol. The molecular weight excluding hydrogens is 234 g/mol. The molecule has 100 valence electrons. The molecule has 2 aromatic rings. The normalized spacial score (nSPS) is 23.4. The smallest absolute Gasteiger partial charge is 0.109 e. The van der Waals surface area contributed by atoms with E-state index < -0.39 is 0 Å². The highest BCUT2D eigenvalue weighted by Gasteiger charge is 2.19. The second kappa shape index (κ2) is 5.08. The largest absolute Gasteiger partial charge is 0.381 e. The van der Waals surface area contributed by atoms with Gasteiger partial charge in [0.15, 0.2) is 0 Å². The van der Waals surface area contributed by atoms with Crippen LogP contribution in [0.4, 0.5) is 0 Å². The molecule has 3 rings (SSSR count). The molecule has 1 aliphatic rings. The van der Waals surface area contributed by atoms with Crippen LogP contribution >= 0.6 is 0 Å². The lowest BCUT2D eigenvalue weighted by Gasteiger charge is -2.28. The maximum atomic E-state index is 4.55. The quantitative estimate of drug-likeness (QED) is 0.910. The van der Waals surface area contributed by atoms with E-state index >= 15 is 0 Å². The van der Waals surface area contributed by atoms with Gasteiger partial charge in [-0.15, -0.1) is 0 Å². The van der Waals surface area contributed by atoms with E-state index in [1.165, 1.54) is 25.7 Å². The molecular formula is C16H21N3. The summed E-state index contributed by atoms with van der Waals surface area (Å²) in [6.07, 6.45) is 7.09. The van der Waals surface area contributed by atoms with E-state index in [4.69, 9.17) is 0 Å². The van der Waals surface area contributed by atoms with Gasteiger partial charge in [0.25, 0.3) is 0 Å². The Morgan fingerprint density at radius 3 is 2.84 bits per heavy atom. The minimum absolute atomic E-state index is 0.563. The number of rotatable bonds is 3. The van der Waals surface area contributed by atoms with Crippen LogP contribution in [0, 0.1) is 5.92 Å². The average molecular weight is 255 g/mol. The number of nitrogens with one attached hydrogen (secondary N) is 1. The number of nitrogens with zero attached hydrogens (tertiary/aromatic N) is 2. The highest BCUT2D eigenvalue weighted by Crippen LogP contribution is 2.25. The van der Waals surface area contributed by atoms with E-state index in [2.05, 4.69) is 36.1 Å². The van der Waals surface area contributed by atoms with Crippen LogP contribution in [0.5, 0.6) is 0 Å². The van der Waals surface area contributed by atoms with Gasteiger partial charge in [0.2, 0.25) is 0 Å². The molecule has 2 aromatic heterocycles. The van der Waals surface area contributed by atoms with Crippen LogP contribution < -0.4 is 5.32 Å². The Morgan fingerprint density at radius 1 is 1.32 bits per heavy atom. The van der Waals surface area contributed by atoms with Crippen LogP contribution in [0.1, 0.15) is 38.3 Å². The third-order valence-electron chi connectivity index (χ3n) is 4.07. The first-order valence-electron chi connectivity index (χ1n) is 7.12. The van der Waals surface area contributed by atoms with Gasteiger partial charge in [0, 0.05) is 12.2 Å². The summed E-state index contributed by atoms with van der Waals surface area (Å²) in [5.41, 5.74) is 3.01. The molecule has 0 spiro atoms. The molecule has 0 bridgehead atoms. The van der Waals surface area contributed by atoms with Crippen molar-refractivity contribution in [2.24, 2.45) is 5.92 Å². The summed E-state index contributed by atoms with van der Waals surface area (Å²) in [5.74, 6) is 0.876. The van der Waals surface area contributed by atoms with Gasteiger partial charge in [-0.25, -0.2) is 4.52 Å². The molecule has 0 aliphatic heterocycles. The van der Waals surface area contributed by atoms with Crippen molar-refractivity contribution in [2.45, 2.75) is 38.6 Å². The number of hydrogen-bond acceptors (Lipinski definition) is 2. The average Bonchev–Trinajstić information content (AvgIpc) is 2.85. The summed E-state index contributed by atoms with van der Waals surface area (Å²) in [7, 11) is 0. The van der Waals surface area contributed by atoms with Crippen LogP contribution in [0.2, 0.25) is 0 Å². The Morgan fingerprint density at radius 2 is 2.11 bits per heavy atom. The topological polar surface area (TPSA) is 29.3 Å². The van der Waals surface area contributed by atoms with Crippen LogP contribution in [-0.2, 0) is 0 Å². The lowest BCUT2D eigenvalue weighted by molar-refractivity contribution is 0.328. The van der Waals surface area contributed by atoms with E-state index in [0.29, 0.717) is 6.04 Å². The third kappa shape index (κ3) is 2.65. The van der Waals surface area contributed by atoms with Crippen LogP contribution in [0.3, 0.4) is 0 Å². The molecule has 0 saturated heterocycles. The zero-order valence-corrected chi connectivity index (χ0v) is 11.5. The standard InChI is InChI=1S/C16H21N3/c1-12-6-8-14(9-7-12)17-13(2)16-11-15-5-3-4-10-19(15)18-16/h3-5,10-12,14,17H,2,6-9H2,1H3. The third-order valence-corrected chi connectivity index (χ3v) is 4.07. The summed E-state index contributed by atoms with van der Waals surface area (Å²) < 4.78 is 1.89. The molecule has 0 radical (unpaired) electrons. The van der Waals surface area contributed by atoms with Crippen molar-refractivity contribution in [1.82, 2.24) is 14.9 Å². The molecule has 1 fully saturated rings. The number of pyridine rings is 1. The van der Waals surface area contributed by atoms with Crippen molar-refractivity contribution in [2.75, 3.05) is 0 Å². The Kier molecular flexibility index (Phi) is 3.28. The van der Waals surface area contributed by atoms with Gasteiger partial charge < -0.3 is 5.32 Å². The lowest BCUT2D eigenvalue weighted by atomic mass is 9.87. The molecule has 2 heterocycles. The molecule has 1 saturated carbocycles. The van der Waals surface area contributed by atoms with E-state index in [9.17, 15) is 0 Å². The molecule has 1 aliphatic carbocycles. The summed E-state index contributed by atoms with van der Waals surface area (Å²) in [4.78, 5) is 0. The van der Waals surface area contributed by atoms with Crippen LogP contribution in [0.15, 0.2) is 37.0 Å².